The second kappa shape index (κ2) is 10.2. The zero-order chi connectivity index (χ0) is 25.1. The van der Waals surface area contributed by atoms with Crippen LogP contribution >= 0.6 is 11.8 Å². The summed E-state index contributed by atoms with van der Waals surface area (Å²) >= 11 is 0.974. The van der Waals surface area contributed by atoms with Gasteiger partial charge in [0.1, 0.15) is 0 Å². The number of benzene rings is 3. The summed E-state index contributed by atoms with van der Waals surface area (Å²) in [5, 5.41) is 11.7. The summed E-state index contributed by atoms with van der Waals surface area (Å²) < 4.78 is 2.05. The Kier molecular flexibility index (Phi) is 6.69. The fraction of sp³-hybridized carbons (Fsp3) is 0.143. The minimum absolute atomic E-state index is 0.0521. The Morgan fingerprint density at radius 2 is 1.61 bits per heavy atom. The molecule has 0 spiro atoms. The highest BCUT2D eigenvalue weighted by molar-refractivity contribution is 8.18. The number of nitrogens with zero attached hydrogens (tertiary/aromatic N) is 3. The maximum atomic E-state index is 13.0. The van der Waals surface area contributed by atoms with Crippen LogP contribution in [0.3, 0.4) is 0 Å². The van der Waals surface area contributed by atoms with E-state index in [0.29, 0.717) is 24.4 Å². The van der Waals surface area contributed by atoms with Crippen LogP contribution in [0.25, 0.3) is 17.0 Å². The van der Waals surface area contributed by atoms with Gasteiger partial charge in [0.05, 0.1) is 9.83 Å². The van der Waals surface area contributed by atoms with Crippen molar-refractivity contribution in [3.05, 3.63) is 117 Å². The molecular weight excluding hydrogens is 474 g/mol. The van der Waals surface area contributed by atoms with E-state index in [9.17, 15) is 19.7 Å². The van der Waals surface area contributed by atoms with Crippen molar-refractivity contribution in [2.75, 3.05) is 6.54 Å². The zero-order valence-electron chi connectivity index (χ0n) is 19.4. The Balaban J connectivity index is 1.35. The Morgan fingerprint density at radius 3 is 2.36 bits per heavy atom. The van der Waals surface area contributed by atoms with Crippen molar-refractivity contribution in [2.45, 2.75) is 19.4 Å². The number of aryl methyl sites for hydroxylation is 1. The standard InChI is InChI=1S/C28H23N3O4S/c32-27-26(36-28(33)30(27)16-6-9-20-7-2-1-3-8-20)17-22-19-29(25-11-5-4-10-24(22)25)18-21-12-14-23(15-13-21)31(34)35/h1-5,7-8,10-15,17,19H,6,9,16,18H2/b26-17+. The number of hydrogen-bond donors (Lipinski definition) is 0. The van der Waals surface area contributed by atoms with E-state index in [1.807, 2.05) is 65.4 Å². The Bertz CT molecular complexity index is 1480. The molecule has 8 heteroatoms. The number of non-ortho nitro benzene ring substituents is 1. The SMILES string of the molecule is O=C1S/C(=C/c2cn(Cc3ccc([N+](=O)[O-])cc3)c3ccccc23)C(=O)N1CCCc1ccccc1. The number of aromatic nitrogens is 1. The molecular formula is C28H23N3O4S. The Morgan fingerprint density at radius 1 is 0.889 bits per heavy atom. The predicted octanol–water partition coefficient (Wildman–Crippen LogP) is 6.27. The van der Waals surface area contributed by atoms with Gasteiger partial charge in [-0.3, -0.25) is 24.6 Å². The third-order valence-corrected chi connectivity index (χ3v) is 7.08. The predicted molar refractivity (Wildman–Crippen MR) is 142 cm³/mol. The van der Waals surface area contributed by atoms with E-state index in [2.05, 4.69) is 0 Å². The van der Waals surface area contributed by atoms with Crippen molar-refractivity contribution in [1.29, 1.82) is 0 Å². The Hall–Kier alpha value is -4.17. The molecule has 0 bridgehead atoms. The molecule has 180 valence electrons. The van der Waals surface area contributed by atoms with Gasteiger partial charge in [-0.1, -0.05) is 60.7 Å². The van der Waals surface area contributed by atoms with Gasteiger partial charge in [-0.05, 0) is 47.9 Å². The number of imide groups is 1. The summed E-state index contributed by atoms with van der Waals surface area (Å²) in [7, 11) is 0. The summed E-state index contributed by atoms with van der Waals surface area (Å²) in [6.45, 7) is 0.909. The maximum Gasteiger partial charge on any atom is 0.293 e. The molecule has 0 saturated carbocycles. The zero-order valence-corrected chi connectivity index (χ0v) is 20.2. The lowest BCUT2D eigenvalue weighted by atomic mass is 10.1. The lowest BCUT2D eigenvalue weighted by molar-refractivity contribution is -0.384. The van der Waals surface area contributed by atoms with Crippen LogP contribution in [0.15, 0.2) is 90.0 Å². The second-order valence-electron chi connectivity index (χ2n) is 8.58. The molecule has 5 rings (SSSR count). The normalized spacial score (nSPS) is 14.8. The van der Waals surface area contributed by atoms with E-state index in [1.165, 1.54) is 22.6 Å². The molecule has 1 aromatic heterocycles. The summed E-state index contributed by atoms with van der Waals surface area (Å²) in [6, 6.07) is 24.3. The number of amides is 2. The molecule has 0 unspecified atom stereocenters. The quantitative estimate of drug-likeness (QED) is 0.163. The topological polar surface area (TPSA) is 85.5 Å². The molecule has 1 saturated heterocycles. The minimum Gasteiger partial charge on any atom is -0.342 e. The van der Waals surface area contributed by atoms with Crippen molar-refractivity contribution in [3.63, 3.8) is 0 Å². The molecule has 0 atom stereocenters. The third kappa shape index (κ3) is 4.94. The van der Waals surface area contributed by atoms with Gasteiger partial charge in [-0.25, -0.2) is 0 Å². The first kappa shape index (κ1) is 23.6. The van der Waals surface area contributed by atoms with Crippen molar-refractivity contribution < 1.29 is 14.5 Å². The molecule has 1 aliphatic heterocycles. The molecule has 36 heavy (non-hydrogen) atoms. The monoisotopic (exact) mass is 497 g/mol. The lowest BCUT2D eigenvalue weighted by Gasteiger charge is -2.12. The number of para-hydroxylation sites is 1. The summed E-state index contributed by atoms with van der Waals surface area (Å²) in [5.41, 5.74) is 3.98. The van der Waals surface area contributed by atoms with Crippen LogP contribution in [0, 0.1) is 10.1 Å². The number of hydrogen-bond acceptors (Lipinski definition) is 5. The minimum atomic E-state index is -0.415. The number of nitro benzene ring substituents is 1. The fourth-order valence-corrected chi connectivity index (χ4v) is 5.22. The van der Waals surface area contributed by atoms with Gasteiger partial charge in [-0.15, -0.1) is 0 Å². The summed E-state index contributed by atoms with van der Waals surface area (Å²) in [6.07, 6.45) is 5.26. The highest BCUT2D eigenvalue weighted by atomic mass is 32.2. The van der Waals surface area contributed by atoms with E-state index < -0.39 is 4.92 Å². The first-order chi connectivity index (χ1) is 17.5. The van der Waals surface area contributed by atoms with Gasteiger partial charge in [-0.2, -0.15) is 0 Å². The van der Waals surface area contributed by atoms with Gasteiger partial charge in [0.25, 0.3) is 16.8 Å². The van der Waals surface area contributed by atoms with Crippen LogP contribution in [-0.4, -0.2) is 32.1 Å². The van der Waals surface area contributed by atoms with E-state index in [-0.39, 0.29) is 16.8 Å². The second-order valence-corrected chi connectivity index (χ2v) is 9.57. The molecule has 1 aliphatic rings. The first-order valence-electron chi connectivity index (χ1n) is 11.6. The van der Waals surface area contributed by atoms with Crippen LogP contribution in [0.1, 0.15) is 23.1 Å². The molecule has 4 aromatic rings. The summed E-state index contributed by atoms with van der Waals surface area (Å²) in [5.74, 6) is -0.259. The van der Waals surface area contributed by atoms with Crippen LogP contribution in [-0.2, 0) is 17.8 Å². The van der Waals surface area contributed by atoms with Crippen LogP contribution in [0.2, 0.25) is 0 Å². The fourth-order valence-electron chi connectivity index (χ4n) is 4.36. The maximum absolute atomic E-state index is 13.0. The van der Waals surface area contributed by atoms with Gasteiger partial charge < -0.3 is 4.57 Å². The van der Waals surface area contributed by atoms with Crippen molar-refractivity contribution in [2.24, 2.45) is 0 Å². The summed E-state index contributed by atoms with van der Waals surface area (Å²) in [4.78, 5) is 37.9. The Labute approximate surface area is 212 Å². The third-order valence-electron chi connectivity index (χ3n) is 6.17. The van der Waals surface area contributed by atoms with E-state index in [4.69, 9.17) is 0 Å². The van der Waals surface area contributed by atoms with Crippen molar-refractivity contribution in [1.82, 2.24) is 9.47 Å². The largest absolute Gasteiger partial charge is 0.342 e. The molecule has 2 heterocycles. The number of rotatable bonds is 8. The van der Waals surface area contributed by atoms with Crippen LogP contribution < -0.4 is 0 Å². The number of carbonyl (C=O) groups excluding carboxylic acids is 2. The lowest BCUT2D eigenvalue weighted by Crippen LogP contribution is -2.29. The molecule has 0 aliphatic carbocycles. The average molecular weight is 498 g/mol. The number of thioether (sulfide) groups is 1. The number of nitro groups is 1. The average Bonchev–Trinajstić information content (AvgIpc) is 3.36. The van der Waals surface area contributed by atoms with Crippen LogP contribution in [0.4, 0.5) is 10.5 Å². The van der Waals surface area contributed by atoms with Gasteiger partial charge in [0.2, 0.25) is 0 Å². The van der Waals surface area contributed by atoms with E-state index in [1.54, 1.807) is 18.2 Å². The van der Waals surface area contributed by atoms with Crippen molar-refractivity contribution in [3.8, 4) is 0 Å². The molecule has 7 nitrogen and oxygen atoms in total. The smallest absolute Gasteiger partial charge is 0.293 e. The van der Waals surface area contributed by atoms with Gasteiger partial charge >= 0.3 is 0 Å². The number of fused-ring (bicyclic) bond motifs is 1. The van der Waals surface area contributed by atoms with E-state index in [0.717, 1.165) is 40.2 Å². The highest BCUT2D eigenvalue weighted by Gasteiger charge is 2.34. The molecule has 0 N–H and O–H groups in total. The molecule has 3 aromatic carbocycles. The molecule has 2 amide bonds. The number of carbonyl (C=O) groups is 2. The highest BCUT2D eigenvalue weighted by Crippen LogP contribution is 2.34. The molecule has 0 radical (unpaired) electrons. The first-order valence-corrected chi connectivity index (χ1v) is 12.4. The van der Waals surface area contributed by atoms with Crippen LogP contribution in [0.5, 0.6) is 0 Å². The van der Waals surface area contributed by atoms with Crippen molar-refractivity contribution >= 4 is 45.6 Å². The van der Waals surface area contributed by atoms with E-state index >= 15 is 0 Å². The van der Waals surface area contributed by atoms with Gasteiger partial charge in [0, 0.05) is 47.9 Å². The van der Waals surface area contributed by atoms with Gasteiger partial charge in [0.15, 0.2) is 0 Å². The molecule has 1 fully saturated rings.